The van der Waals surface area contributed by atoms with Crippen LogP contribution in [-0.2, 0) is 13.1 Å². The Morgan fingerprint density at radius 3 is 2.70 bits per heavy atom. The van der Waals surface area contributed by atoms with E-state index >= 15 is 0 Å². The van der Waals surface area contributed by atoms with Crippen molar-refractivity contribution in [1.82, 2.24) is 15.2 Å². The van der Waals surface area contributed by atoms with Crippen molar-refractivity contribution in [1.29, 1.82) is 0 Å². The van der Waals surface area contributed by atoms with E-state index in [1.807, 2.05) is 18.5 Å². The van der Waals surface area contributed by atoms with Gasteiger partial charge in [0.2, 0.25) is 0 Å². The quantitative estimate of drug-likeness (QED) is 0.757. The molecule has 1 N–H and O–H groups in total. The van der Waals surface area contributed by atoms with Gasteiger partial charge in [0.25, 0.3) is 0 Å². The van der Waals surface area contributed by atoms with Crippen molar-refractivity contribution in [2.24, 2.45) is 0 Å². The smallest absolute Gasteiger partial charge is 0.0931 e. The molecule has 0 saturated carbocycles. The Bertz CT molecular complexity index is 501. The number of pyridine rings is 1. The van der Waals surface area contributed by atoms with Gasteiger partial charge in [-0.15, -0.1) is 11.3 Å². The largest absolute Gasteiger partial charge is 0.311 e. The summed E-state index contributed by atoms with van der Waals surface area (Å²) in [6.07, 6.45) is 3.70. The average molecular weight is 310 g/mol. The van der Waals surface area contributed by atoms with Gasteiger partial charge in [-0.2, -0.15) is 0 Å². The molecule has 0 amide bonds. The summed E-state index contributed by atoms with van der Waals surface area (Å²) in [5, 5.41) is 3.46. The van der Waals surface area contributed by atoms with Crippen molar-refractivity contribution in [3.05, 3.63) is 51.4 Å². The fourth-order valence-corrected chi connectivity index (χ4v) is 3.05. The number of aromatic nitrogens is 1. The molecule has 0 fully saturated rings. The molecule has 0 unspecified atom stereocenters. The summed E-state index contributed by atoms with van der Waals surface area (Å²) in [4.78, 5) is 7.75. The number of nitrogens with one attached hydrogen (secondary N) is 1. The molecule has 0 radical (unpaired) electrons. The molecule has 0 spiro atoms. The van der Waals surface area contributed by atoms with Crippen LogP contribution in [0.4, 0.5) is 0 Å². The van der Waals surface area contributed by atoms with Crippen molar-refractivity contribution in [2.45, 2.75) is 20.0 Å². The van der Waals surface area contributed by atoms with Gasteiger partial charge in [0.1, 0.15) is 0 Å². The Morgan fingerprint density at radius 1 is 1.25 bits per heavy atom. The normalized spacial score (nSPS) is 11.2. The molecule has 5 heteroatoms. The van der Waals surface area contributed by atoms with Gasteiger partial charge in [0.05, 0.1) is 4.34 Å². The summed E-state index contributed by atoms with van der Waals surface area (Å²) >= 11 is 7.55. The number of halogens is 1. The van der Waals surface area contributed by atoms with Gasteiger partial charge in [-0.05, 0) is 36.4 Å². The highest BCUT2D eigenvalue weighted by molar-refractivity contribution is 7.16. The maximum Gasteiger partial charge on any atom is 0.0931 e. The lowest BCUT2D eigenvalue weighted by molar-refractivity contribution is 0.279. The van der Waals surface area contributed by atoms with Crippen LogP contribution < -0.4 is 5.32 Å². The van der Waals surface area contributed by atoms with E-state index in [2.05, 4.69) is 40.3 Å². The van der Waals surface area contributed by atoms with Crippen LogP contribution in [0.25, 0.3) is 0 Å². The second kappa shape index (κ2) is 8.37. The molecular formula is C15H20ClN3S. The molecule has 0 aromatic carbocycles. The van der Waals surface area contributed by atoms with Crippen molar-refractivity contribution < 1.29 is 0 Å². The van der Waals surface area contributed by atoms with Gasteiger partial charge >= 0.3 is 0 Å². The summed E-state index contributed by atoms with van der Waals surface area (Å²) in [6.45, 7) is 7.14. The minimum atomic E-state index is 0.856. The van der Waals surface area contributed by atoms with Gasteiger partial charge in [0.15, 0.2) is 0 Å². The first-order chi connectivity index (χ1) is 9.78. The molecule has 0 saturated heterocycles. The molecule has 3 nitrogen and oxygen atoms in total. The van der Waals surface area contributed by atoms with Gasteiger partial charge < -0.3 is 5.32 Å². The number of thiophene rings is 1. The molecule has 2 rings (SSSR count). The molecule has 20 heavy (non-hydrogen) atoms. The zero-order chi connectivity index (χ0) is 14.2. The lowest BCUT2D eigenvalue weighted by Crippen LogP contribution is -2.31. The molecule has 2 heterocycles. The first-order valence-corrected chi connectivity index (χ1v) is 8.03. The van der Waals surface area contributed by atoms with Gasteiger partial charge in [0, 0.05) is 43.4 Å². The van der Waals surface area contributed by atoms with Crippen LogP contribution in [0.1, 0.15) is 17.4 Å². The Balaban J connectivity index is 1.68. The molecular weight excluding hydrogens is 290 g/mol. The topological polar surface area (TPSA) is 28.2 Å². The maximum atomic E-state index is 5.91. The van der Waals surface area contributed by atoms with Crippen LogP contribution >= 0.6 is 22.9 Å². The summed E-state index contributed by atoms with van der Waals surface area (Å²) in [7, 11) is 0. The highest BCUT2D eigenvalue weighted by Crippen LogP contribution is 2.20. The van der Waals surface area contributed by atoms with Gasteiger partial charge in [-0.3, -0.25) is 9.88 Å². The van der Waals surface area contributed by atoms with E-state index in [-0.39, 0.29) is 0 Å². The van der Waals surface area contributed by atoms with Crippen LogP contribution in [0.5, 0.6) is 0 Å². The zero-order valence-electron chi connectivity index (χ0n) is 11.7. The maximum absolute atomic E-state index is 5.91. The van der Waals surface area contributed by atoms with E-state index in [1.165, 1.54) is 10.4 Å². The summed E-state index contributed by atoms with van der Waals surface area (Å²) in [6, 6.07) is 8.17. The third-order valence-electron chi connectivity index (χ3n) is 3.14. The number of rotatable bonds is 8. The van der Waals surface area contributed by atoms with E-state index in [9.17, 15) is 0 Å². The predicted molar refractivity (Wildman–Crippen MR) is 86.2 cm³/mol. The highest BCUT2D eigenvalue weighted by Gasteiger charge is 2.03. The molecule has 0 atom stereocenters. The minimum Gasteiger partial charge on any atom is -0.311 e. The lowest BCUT2D eigenvalue weighted by Gasteiger charge is -2.20. The Morgan fingerprint density at radius 2 is 2.05 bits per heavy atom. The van der Waals surface area contributed by atoms with Crippen molar-refractivity contribution in [3.8, 4) is 0 Å². The zero-order valence-corrected chi connectivity index (χ0v) is 13.3. The summed E-state index contributed by atoms with van der Waals surface area (Å²) in [5.74, 6) is 0. The number of nitrogens with zero attached hydrogens (tertiary/aromatic N) is 2. The van der Waals surface area contributed by atoms with E-state index < -0.39 is 0 Å². The molecule has 0 aliphatic carbocycles. The van der Waals surface area contributed by atoms with Crippen LogP contribution in [0.3, 0.4) is 0 Å². The van der Waals surface area contributed by atoms with E-state index in [1.54, 1.807) is 11.3 Å². The van der Waals surface area contributed by atoms with E-state index in [0.717, 1.165) is 37.1 Å². The fraction of sp³-hybridized carbons (Fsp3) is 0.400. The summed E-state index contributed by atoms with van der Waals surface area (Å²) < 4.78 is 0.856. The predicted octanol–water partition coefficient (Wildman–Crippen LogP) is 3.41. The number of hydrogen-bond donors (Lipinski definition) is 1. The van der Waals surface area contributed by atoms with Crippen molar-refractivity contribution in [2.75, 3.05) is 19.6 Å². The fourth-order valence-electron chi connectivity index (χ4n) is 1.99. The number of likely N-dealkylation sites (N-methyl/N-ethyl adjacent to an activating group) is 1. The van der Waals surface area contributed by atoms with E-state index in [4.69, 9.17) is 11.6 Å². The van der Waals surface area contributed by atoms with Crippen LogP contribution in [0, 0.1) is 0 Å². The second-order valence-electron chi connectivity index (χ2n) is 4.61. The minimum absolute atomic E-state index is 0.856. The van der Waals surface area contributed by atoms with Crippen LogP contribution in [0.15, 0.2) is 36.7 Å². The van der Waals surface area contributed by atoms with Crippen molar-refractivity contribution in [3.63, 3.8) is 0 Å². The molecule has 108 valence electrons. The third kappa shape index (κ3) is 5.21. The van der Waals surface area contributed by atoms with Gasteiger partial charge in [-0.25, -0.2) is 0 Å². The Labute approximate surface area is 129 Å². The summed E-state index contributed by atoms with van der Waals surface area (Å²) in [5.41, 5.74) is 1.31. The number of hydrogen-bond acceptors (Lipinski definition) is 4. The first-order valence-electron chi connectivity index (χ1n) is 6.84. The monoisotopic (exact) mass is 309 g/mol. The lowest BCUT2D eigenvalue weighted by atomic mass is 10.2. The SMILES string of the molecule is CCN(CCNCc1ccc(Cl)s1)Cc1ccncc1. The Kier molecular flexibility index (Phi) is 6.47. The first kappa shape index (κ1) is 15.4. The van der Waals surface area contributed by atoms with Crippen molar-refractivity contribution >= 4 is 22.9 Å². The standard InChI is InChI=1S/C15H20ClN3S/c1-2-19(12-13-5-7-17-8-6-13)10-9-18-11-14-3-4-15(16)20-14/h3-8,18H,2,9-12H2,1H3. The average Bonchev–Trinajstić information content (AvgIpc) is 2.89. The highest BCUT2D eigenvalue weighted by atomic mass is 35.5. The van der Waals surface area contributed by atoms with Gasteiger partial charge in [-0.1, -0.05) is 18.5 Å². The molecule has 0 aliphatic rings. The molecule has 0 bridgehead atoms. The Hall–Kier alpha value is -0.940. The van der Waals surface area contributed by atoms with Crippen LogP contribution in [0.2, 0.25) is 4.34 Å². The van der Waals surface area contributed by atoms with E-state index in [0.29, 0.717) is 0 Å². The molecule has 2 aromatic rings. The molecule has 2 aromatic heterocycles. The second-order valence-corrected chi connectivity index (χ2v) is 6.41. The third-order valence-corrected chi connectivity index (χ3v) is 4.37. The van der Waals surface area contributed by atoms with Crippen LogP contribution in [-0.4, -0.2) is 29.5 Å². The molecule has 0 aliphatic heterocycles.